The van der Waals surface area contributed by atoms with Gasteiger partial charge in [-0.2, -0.15) is 0 Å². The number of nitrogens with one attached hydrogen (secondary N) is 1. The summed E-state index contributed by atoms with van der Waals surface area (Å²) in [5.41, 5.74) is 0.436. The molecule has 0 aliphatic heterocycles. The van der Waals surface area contributed by atoms with Crippen LogP contribution in [0.2, 0.25) is 4.34 Å². The van der Waals surface area contributed by atoms with Gasteiger partial charge in [0, 0.05) is 0 Å². The number of nitrogens with zero attached hydrogens (tertiary/aromatic N) is 2. The van der Waals surface area contributed by atoms with E-state index in [1.165, 1.54) is 11.3 Å². The molecular weight excluding hydrogens is 314 g/mol. The Morgan fingerprint density at radius 3 is 2.71 bits per heavy atom. The van der Waals surface area contributed by atoms with Gasteiger partial charge in [-0.25, -0.2) is 0 Å². The first kappa shape index (κ1) is 13.8. The molecule has 1 amide bonds. The molecule has 0 bridgehead atoms. The summed E-state index contributed by atoms with van der Waals surface area (Å²) >= 11 is 7.17. The molecule has 1 N–H and O–H groups in total. The number of halogens is 1. The molecule has 3 rings (SSSR count). The second kappa shape index (κ2) is 5.34. The highest BCUT2D eigenvalue weighted by Gasteiger charge is 2.17. The standard InChI is InChI=1S/C13H10ClN3O3S/c1-6-5-8(7(2)19-6)11(18)15-13-17-16-12(20-13)9-3-4-10(14)21-9/h3-5H,1-2H3,(H,15,17,18). The molecule has 0 aliphatic rings. The van der Waals surface area contributed by atoms with E-state index in [1.807, 2.05) is 0 Å². The normalized spacial score (nSPS) is 10.8. The minimum absolute atomic E-state index is 0.0257. The van der Waals surface area contributed by atoms with Crippen molar-refractivity contribution in [1.82, 2.24) is 10.2 Å². The number of amides is 1. The average Bonchev–Trinajstić information content (AvgIpc) is 3.10. The largest absolute Gasteiger partial charge is 0.466 e. The van der Waals surface area contributed by atoms with Crippen LogP contribution in [0.15, 0.2) is 27.0 Å². The maximum Gasteiger partial charge on any atom is 0.322 e. The minimum Gasteiger partial charge on any atom is -0.466 e. The minimum atomic E-state index is -0.358. The molecule has 8 heteroatoms. The number of furan rings is 1. The highest BCUT2D eigenvalue weighted by Crippen LogP contribution is 2.30. The molecular formula is C13H10ClN3O3S. The molecule has 21 heavy (non-hydrogen) atoms. The van der Waals surface area contributed by atoms with E-state index in [4.69, 9.17) is 20.4 Å². The van der Waals surface area contributed by atoms with E-state index in [1.54, 1.807) is 32.0 Å². The van der Waals surface area contributed by atoms with Crippen molar-refractivity contribution in [1.29, 1.82) is 0 Å². The van der Waals surface area contributed by atoms with Crippen molar-refractivity contribution in [3.63, 3.8) is 0 Å². The average molecular weight is 324 g/mol. The summed E-state index contributed by atoms with van der Waals surface area (Å²) in [5, 5.41) is 10.2. The maximum absolute atomic E-state index is 12.1. The van der Waals surface area contributed by atoms with Gasteiger partial charge in [-0.05, 0) is 32.0 Å². The van der Waals surface area contributed by atoms with Crippen LogP contribution in [0, 0.1) is 13.8 Å². The molecule has 3 aromatic rings. The first-order chi connectivity index (χ1) is 10.0. The Morgan fingerprint density at radius 2 is 2.10 bits per heavy atom. The Hall–Kier alpha value is -2.12. The van der Waals surface area contributed by atoms with Gasteiger partial charge in [0.15, 0.2) is 0 Å². The number of hydrogen-bond acceptors (Lipinski definition) is 6. The number of carbonyl (C=O) groups excluding carboxylic acids is 1. The number of aryl methyl sites for hydroxylation is 2. The zero-order valence-electron chi connectivity index (χ0n) is 11.1. The van der Waals surface area contributed by atoms with Crippen LogP contribution >= 0.6 is 22.9 Å². The molecule has 0 unspecified atom stereocenters. The van der Waals surface area contributed by atoms with Crippen LogP contribution in [0.4, 0.5) is 6.01 Å². The van der Waals surface area contributed by atoms with Crippen molar-refractivity contribution in [3.05, 3.63) is 39.6 Å². The van der Waals surface area contributed by atoms with Crippen molar-refractivity contribution in [2.24, 2.45) is 0 Å². The second-order valence-electron chi connectivity index (χ2n) is 4.30. The van der Waals surface area contributed by atoms with Gasteiger partial charge in [-0.3, -0.25) is 10.1 Å². The van der Waals surface area contributed by atoms with Crippen LogP contribution in [-0.4, -0.2) is 16.1 Å². The third-order valence-electron chi connectivity index (χ3n) is 2.72. The molecule has 108 valence electrons. The molecule has 6 nitrogen and oxygen atoms in total. The topological polar surface area (TPSA) is 81.2 Å². The van der Waals surface area contributed by atoms with Crippen molar-refractivity contribution < 1.29 is 13.6 Å². The Kier molecular flexibility index (Phi) is 3.52. The summed E-state index contributed by atoms with van der Waals surface area (Å²) in [6.07, 6.45) is 0. The molecule has 0 atom stereocenters. The number of thiophene rings is 1. The summed E-state index contributed by atoms with van der Waals surface area (Å²) in [7, 11) is 0. The summed E-state index contributed by atoms with van der Waals surface area (Å²) < 4.78 is 11.3. The van der Waals surface area contributed by atoms with Gasteiger partial charge in [0.1, 0.15) is 11.5 Å². The van der Waals surface area contributed by atoms with E-state index >= 15 is 0 Å². The van der Waals surface area contributed by atoms with E-state index in [2.05, 4.69) is 15.5 Å². The fourth-order valence-corrected chi connectivity index (χ4v) is 2.79. The SMILES string of the molecule is Cc1cc(C(=O)Nc2nnc(-c3ccc(Cl)s3)o2)c(C)o1. The van der Waals surface area contributed by atoms with E-state index in [0.29, 0.717) is 27.3 Å². The first-order valence-corrected chi connectivity index (χ1v) is 7.20. The molecule has 0 aromatic carbocycles. The molecule has 3 heterocycles. The van der Waals surface area contributed by atoms with Crippen molar-refractivity contribution in [3.8, 4) is 10.8 Å². The quantitative estimate of drug-likeness (QED) is 0.790. The second-order valence-corrected chi connectivity index (χ2v) is 6.01. The lowest BCUT2D eigenvalue weighted by Crippen LogP contribution is -2.12. The highest BCUT2D eigenvalue weighted by molar-refractivity contribution is 7.19. The van der Waals surface area contributed by atoms with Gasteiger partial charge in [0.2, 0.25) is 0 Å². The highest BCUT2D eigenvalue weighted by atomic mass is 35.5. The Balaban J connectivity index is 1.78. The van der Waals surface area contributed by atoms with E-state index in [9.17, 15) is 4.79 Å². The zero-order valence-corrected chi connectivity index (χ0v) is 12.7. The van der Waals surface area contributed by atoms with Crippen LogP contribution in [0.3, 0.4) is 0 Å². The van der Waals surface area contributed by atoms with Crippen LogP contribution in [0.1, 0.15) is 21.9 Å². The molecule has 0 spiro atoms. The molecule has 0 aliphatic carbocycles. The number of rotatable bonds is 3. The summed E-state index contributed by atoms with van der Waals surface area (Å²) in [6, 6.07) is 5.19. The summed E-state index contributed by atoms with van der Waals surface area (Å²) in [6.45, 7) is 3.49. The van der Waals surface area contributed by atoms with E-state index in [-0.39, 0.29) is 11.9 Å². The monoisotopic (exact) mass is 323 g/mol. The lowest BCUT2D eigenvalue weighted by molar-refractivity contribution is 0.102. The van der Waals surface area contributed by atoms with Crippen molar-refractivity contribution in [2.75, 3.05) is 5.32 Å². The number of aromatic nitrogens is 2. The lowest BCUT2D eigenvalue weighted by Gasteiger charge is -1.97. The zero-order chi connectivity index (χ0) is 15.0. The van der Waals surface area contributed by atoms with E-state index < -0.39 is 0 Å². The predicted octanol–water partition coefficient (Wildman–Crippen LogP) is 3.91. The number of hydrogen-bond donors (Lipinski definition) is 1. The molecule has 0 fully saturated rings. The maximum atomic E-state index is 12.1. The Morgan fingerprint density at radius 1 is 1.29 bits per heavy atom. The van der Waals surface area contributed by atoms with E-state index in [0.717, 1.165) is 4.88 Å². The Labute approximate surface area is 128 Å². The molecule has 0 radical (unpaired) electrons. The van der Waals surface area contributed by atoms with Crippen LogP contribution in [0.5, 0.6) is 0 Å². The van der Waals surface area contributed by atoms with Crippen LogP contribution in [-0.2, 0) is 0 Å². The van der Waals surface area contributed by atoms with Gasteiger partial charge in [0.05, 0.1) is 14.8 Å². The Bertz CT molecular complexity index is 805. The third kappa shape index (κ3) is 2.84. The fraction of sp³-hybridized carbons (Fsp3) is 0.154. The van der Waals surface area contributed by atoms with Gasteiger partial charge in [0.25, 0.3) is 11.8 Å². The molecule has 3 aromatic heterocycles. The first-order valence-electron chi connectivity index (χ1n) is 6.00. The van der Waals surface area contributed by atoms with Crippen LogP contribution in [0.25, 0.3) is 10.8 Å². The molecule has 0 saturated carbocycles. The fourth-order valence-electron chi connectivity index (χ4n) is 1.82. The van der Waals surface area contributed by atoms with Gasteiger partial charge < -0.3 is 8.83 Å². The van der Waals surface area contributed by atoms with Gasteiger partial charge in [-0.15, -0.1) is 16.4 Å². The van der Waals surface area contributed by atoms with Crippen LogP contribution < -0.4 is 5.32 Å². The summed E-state index contributed by atoms with van der Waals surface area (Å²) in [4.78, 5) is 12.8. The van der Waals surface area contributed by atoms with Gasteiger partial charge in [-0.1, -0.05) is 16.7 Å². The molecule has 0 saturated heterocycles. The third-order valence-corrected chi connectivity index (χ3v) is 3.93. The number of anilines is 1. The van der Waals surface area contributed by atoms with Crippen molar-refractivity contribution in [2.45, 2.75) is 13.8 Å². The predicted molar refractivity (Wildman–Crippen MR) is 78.8 cm³/mol. The summed E-state index contributed by atoms with van der Waals surface area (Å²) in [5.74, 6) is 1.15. The lowest BCUT2D eigenvalue weighted by atomic mass is 10.2. The number of carbonyl (C=O) groups is 1. The van der Waals surface area contributed by atoms with Gasteiger partial charge >= 0.3 is 6.01 Å². The smallest absolute Gasteiger partial charge is 0.322 e. The van der Waals surface area contributed by atoms with Crippen molar-refractivity contribution >= 4 is 34.9 Å².